The lowest BCUT2D eigenvalue weighted by atomic mass is 9.62. The molecule has 3 heterocycles. The molecule has 0 radical (unpaired) electrons. The Balaban J connectivity index is 2.02. The topological polar surface area (TPSA) is 96.4 Å². The Bertz CT molecular complexity index is 971. The van der Waals surface area contributed by atoms with Gasteiger partial charge in [-0.05, 0) is 64.2 Å². The molecule has 220 valence electrons. The quantitative estimate of drug-likeness (QED) is 0.212. The molecule has 8 heteroatoms. The van der Waals surface area contributed by atoms with Crippen molar-refractivity contribution >= 4 is 17.8 Å². The van der Waals surface area contributed by atoms with E-state index in [-0.39, 0.29) is 42.9 Å². The first kappa shape index (κ1) is 31.3. The summed E-state index contributed by atoms with van der Waals surface area (Å²) in [5.41, 5.74) is -2.68. The number of carbonyl (C=O) groups is 3. The Morgan fingerprint density at radius 2 is 1.87 bits per heavy atom. The number of β-amino-alcohol motifs (C(OH)–C–C–N with tert-alkyl or cyclic N) is 1. The summed E-state index contributed by atoms with van der Waals surface area (Å²) in [4.78, 5) is 45.4. The Morgan fingerprint density at radius 3 is 2.44 bits per heavy atom. The smallest absolute Gasteiger partial charge is 0.312 e. The SMILES string of the molecule is C=CCCCCOC(=O)[C@@H]1[C@H]2C(=O)N(CCO)C(C(=O)N(CC=C)C(C)(C)CC(C)(C)C)C23CC(C)[C@@]1(C)O3. The lowest BCUT2D eigenvalue weighted by Gasteiger charge is -2.45. The van der Waals surface area contributed by atoms with Crippen molar-refractivity contribution in [3.63, 3.8) is 0 Å². The van der Waals surface area contributed by atoms with E-state index in [0.717, 1.165) is 19.3 Å². The molecule has 1 N–H and O–H groups in total. The fourth-order valence-corrected chi connectivity index (χ4v) is 7.68. The molecule has 0 aromatic heterocycles. The predicted octanol–water partition coefficient (Wildman–Crippen LogP) is 4.12. The van der Waals surface area contributed by atoms with Crippen LogP contribution in [0.2, 0.25) is 0 Å². The van der Waals surface area contributed by atoms with Crippen LogP contribution < -0.4 is 0 Å². The number of likely N-dealkylation sites (tertiary alicyclic amines) is 1. The van der Waals surface area contributed by atoms with Crippen LogP contribution in [0.5, 0.6) is 0 Å². The second-order valence-electron chi connectivity index (χ2n) is 13.7. The third kappa shape index (κ3) is 5.56. The number of hydrogen-bond donors (Lipinski definition) is 1. The molecule has 8 nitrogen and oxygen atoms in total. The third-order valence-electron chi connectivity index (χ3n) is 8.96. The van der Waals surface area contributed by atoms with Gasteiger partial charge < -0.3 is 24.4 Å². The lowest BCUT2D eigenvalue weighted by Crippen LogP contribution is -2.61. The van der Waals surface area contributed by atoms with Gasteiger partial charge in [-0.3, -0.25) is 14.4 Å². The maximum absolute atomic E-state index is 14.6. The highest BCUT2D eigenvalue weighted by Crippen LogP contribution is 2.65. The monoisotopic (exact) mass is 546 g/mol. The van der Waals surface area contributed by atoms with E-state index in [9.17, 15) is 19.5 Å². The van der Waals surface area contributed by atoms with Gasteiger partial charge in [-0.15, -0.1) is 13.2 Å². The zero-order chi connectivity index (χ0) is 29.4. The minimum atomic E-state index is -1.17. The number of rotatable bonds is 13. The molecular formula is C31H50N2O6. The predicted molar refractivity (Wildman–Crippen MR) is 151 cm³/mol. The summed E-state index contributed by atoms with van der Waals surface area (Å²) in [5, 5.41) is 9.92. The van der Waals surface area contributed by atoms with Crippen LogP contribution in [0.4, 0.5) is 0 Å². The highest BCUT2D eigenvalue weighted by Gasteiger charge is 2.80. The molecule has 2 amide bonds. The zero-order valence-electron chi connectivity index (χ0n) is 25.1. The second-order valence-corrected chi connectivity index (χ2v) is 13.7. The molecule has 0 saturated carbocycles. The van der Waals surface area contributed by atoms with E-state index in [2.05, 4.69) is 33.9 Å². The van der Waals surface area contributed by atoms with Gasteiger partial charge in [0.05, 0.1) is 24.7 Å². The summed E-state index contributed by atoms with van der Waals surface area (Å²) in [5.74, 6) is -2.73. The van der Waals surface area contributed by atoms with Crippen LogP contribution in [0.1, 0.15) is 80.6 Å². The average molecular weight is 547 g/mol. The first-order valence-electron chi connectivity index (χ1n) is 14.4. The first-order valence-corrected chi connectivity index (χ1v) is 14.4. The van der Waals surface area contributed by atoms with Crippen LogP contribution in [0.3, 0.4) is 0 Å². The number of ether oxygens (including phenoxy) is 2. The minimum absolute atomic E-state index is 0.00705. The van der Waals surface area contributed by atoms with Gasteiger partial charge in [0.15, 0.2) is 0 Å². The Morgan fingerprint density at radius 1 is 1.21 bits per heavy atom. The summed E-state index contributed by atoms with van der Waals surface area (Å²) < 4.78 is 12.4. The molecule has 3 aliphatic heterocycles. The van der Waals surface area contributed by atoms with Gasteiger partial charge in [0.1, 0.15) is 17.6 Å². The summed E-state index contributed by atoms with van der Waals surface area (Å²) in [6, 6.07) is -0.948. The minimum Gasteiger partial charge on any atom is -0.465 e. The molecule has 0 aromatic rings. The van der Waals surface area contributed by atoms with Crippen LogP contribution in [-0.4, -0.2) is 81.8 Å². The van der Waals surface area contributed by atoms with Crippen molar-refractivity contribution < 1.29 is 29.0 Å². The number of unbranched alkanes of at least 4 members (excludes halogenated alkanes) is 2. The number of allylic oxidation sites excluding steroid dienone is 1. The van der Waals surface area contributed by atoms with Gasteiger partial charge in [0.25, 0.3) is 0 Å². The normalized spacial score (nSPS) is 31.8. The van der Waals surface area contributed by atoms with E-state index in [1.807, 2.05) is 33.8 Å². The summed E-state index contributed by atoms with van der Waals surface area (Å²) in [7, 11) is 0. The fourth-order valence-electron chi connectivity index (χ4n) is 7.68. The molecule has 3 fully saturated rings. The molecule has 6 atom stereocenters. The number of aliphatic hydroxyl groups excluding tert-OH is 1. The van der Waals surface area contributed by atoms with E-state index < -0.39 is 40.6 Å². The summed E-state index contributed by atoms with van der Waals surface area (Å²) in [6.07, 6.45) is 7.15. The maximum Gasteiger partial charge on any atom is 0.312 e. The number of fused-ring (bicyclic) bond motifs is 1. The third-order valence-corrected chi connectivity index (χ3v) is 8.96. The molecule has 3 unspecified atom stereocenters. The van der Waals surface area contributed by atoms with Crippen molar-refractivity contribution in [2.75, 3.05) is 26.3 Å². The van der Waals surface area contributed by atoms with Crippen molar-refractivity contribution in [3.05, 3.63) is 25.3 Å². The van der Waals surface area contributed by atoms with Crippen molar-refractivity contribution in [1.82, 2.24) is 9.80 Å². The Kier molecular flexibility index (Phi) is 9.13. The van der Waals surface area contributed by atoms with E-state index in [0.29, 0.717) is 19.4 Å². The number of esters is 1. The largest absolute Gasteiger partial charge is 0.465 e. The fraction of sp³-hybridized carbons (Fsp3) is 0.774. The van der Waals surface area contributed by atoms with E-state index in [1.165, 1.54) is 4.90 Å². The highest BCUT2D eigenvalue weighted by molar-refractivity contribution is 5.98. The Labute approximate surface area is 234 Å². The van der Waals surface area contributed by atoms with Gasteiger partial charge in [0, 0.05) is 18.6 Å². The highest BCUT2D eigenvalue weighted by atomic mass is 16.6. The average Bonchev–Trinajstić information content (AvgIpc) is 3.32. The van der Waals surface area contributed by atoms with Crippen molar-refractivity contribution in [2.24, 2.45) is 23.2 Å². The van der Waals surface area contributed by atoms with Crippen LogP contribution in [0, 0.1) is 23.2 Å². The van der Waals surface area contributed by atoms with Gasteiger partial charge in [-0.1, -0.05) is 39.8 Å². The molecule has 3 rings (SSSR count). The van der Waals surface area contributed by atoms with Crippen LogP contribution in [0.15, 0.2) is 25.3 Å². The van der Waals surface area contributed by atoms with Crippen molar-refractivity contribution in [3.8, 4) is 0 Å². The molecule has 2 bridgehead atoms. The maximum atomic E-state index is 14.6. The van der Waals surface area contributed by atoms with Crippen molar-refractivity contribution in [2.45, 2.75) is 103 Å². The van der Waals surface area contributed by atoms with Crippen LogP contribution >= 0.6 is 0 Å². The zero-order valence-corrected chi connectivity index (χ0v) is 25.1. The van der Waals surface area contributed by atoms with Gasteiger partial charge in [-0.25, -0.2) is 0 Å². The summed E-state index contributed by atoms with van der Waals surface area (Å²) in [6.45, 7) is 22.2. The number of hydrogen-bond acceptors (Lipinski definition) is 6. The van der Waals surface area contributed by atoms with Crippen LogP contribution in [-0.2, 0) is 23.9 Å². The van der Waals surface area contributed by atoms with E-state index in [4.69, 9.17) is 9.47 Å². The van der Waals surface area contributed by atoms with Gasteiger partial charge >= 0.3 is 5.97 Å². The number of amides is 2. The first-order chi connectivity index (χ1) is 18.1. The molecule has 3 saturated heterocycles. The molecule has 39 heavy (non-hydrogen) atoms. The van der Waals surface area contributed by atoms with Crippen LogP contribution in [0.25, 0.3) is 0 Å². The molecule has 1 spiro atoms. The van der Waals surface area contributed by atoms with E-state index >= 15 is 0 Å². The molecule has 0 aliphatic carbocycles. The van der Waals surface area contributed by atoms with E-state index in [1.54, 1.807) is 11.0 Å². The Hall–Kier alpha value is -2.19. The molecular weight excluding hydrogens is 496 g/mol. The summed E-state index contributed by atoms with van der Waals surface area (Å²) >= 11 is 0. The number of aliphatic hydroxyl groups is 1. The standard InChI is InChI=1S/C31H50N2O6/c1-10-12-13-14-18-38-27(37)23-22-25(35)32(16-17-34)24(31(22)19-21(3)30(23,9)39-31)26(36)33(15-11-2)29(7,8)20-28(4,5)6/h10-11,21-24,34H,1-2,12-20H2,3-9H3/t21?,22-,23-,24?,30+,31?/m0/s1. The molecule has 0 aromatic carbocycles. The second kappa shape index (κ2) is 11.4. The lowest BCUT2D eigenvalue weighted by molar-refractivity contribution is -0.163. The van der Waals surface area contributed by atoms with Crippen molar-refractivity contribution in [1.29, 1.82) is 0 Å². The number of carbonyl (C=O) groups excluding carboxylic acids is 3. The van der Waals surface area contributed by atoms with Gasteiger partial charge in [-0.2, -0.15) is 0 Å². The van der Waals surface area contributed by atoms with Gasteiger partial charge in [0.2, 0.25) is 11.8 Å². The number of nitrogens with zero attached hydrogens (tertiary/aromatic N) is 2. The molecule has 3 aliphatic rings.